The molecule has 2 aromatic rings. The van der Waals surface area contributed by atoms with E-state index in [9.17, 15) is 8.42 Å². The zero-order valence-corrected chi connectivity index (χ0v) is 18.3. The second kappa shape index (κ2) is 7.63. The first-order valence-corrected chi connectivity index (χ1v) is 11.1. The Morgan fingerprint density at radius 3 is 2.00 bits per heavy atom. The summed E-state index contributed by atoms with van der Waals surface area (Å²) in [7, 11) is -3.54. The fourth-order valence-electron chi connectivity index (χ4n) is 3.60. The molecule has 7 heteroatoms. The summed E-state index contributed by atoms with van der Waals surface area (Å²) in [5.74, 6) is 0. The van der Waals surface area contributed by atoms with Gasteiger partial charge in [-0.05, 0) is 62.1 Å². The van der Waals surface area contributed by atoms with Gasteiger partial charge in [0.2, 0.25) is 10.0 Å². The molecule has 146 valence electrons. The lowest BCUT2D eigenvalue weighted by Gasteiger charge is -2.36. The van der Waals surface area contributed by atoms with E-state index in [-0.39, 0.29) is 0 Å². The van der Waals surface area contributed by atoms with Crippen molar-refractivity contribution in [3.05, 3.63) is 56.6 Å². The van der Waals surface area contributed by atoms with E-state index in [1.807, 2.05) is 45.9 Å². The molecule has 4 nitrogen and oxygen atoms in total. The Labute approximate surface area is 171 Å². The maximum absolute atomic E-state index is 13.4. The molecule has 0 aromatic heterocycles. The predicted octanol–water partition coefficient (Wildman–Crippen LogP) is 4.74. The minimum atomic E-state index is -3.54. The molecule has 1 heterocycles. The fraction of sp³-hybridized carbons (Fsp3) is 0.400. The molecule has 1 aliphatic rings. The number of sulfonamides is 1. The molecule has 0 bridgehead atoms. The molecule has 1 aliphatic heterocycles. The van der Waals surface area contributed by atoms with Gasteiger partial charge in [-0.3, -0.25) is 0 Å². The van der Waals surface area contributed by atoms with Crippen LogP contribution in [-0.2, 0) is 10.0 Å². The van der Waals surface area contributed by atoms with Crippen LogP contribution in [0.15, 0.2) is 29.2 Å². The Bertz CT molecular complexity index is 956. The van der Waals surface area contributed by atoms with E-state index < -0.39 is 10.0 Å². The molecular formula is C20H24Cl2N2O2S. The summed E-state index contributed by atoms with van der Waals surface area (Å²) in [6.07, 6.45) is 0. The highest BCUT2D eigenvalue weighted by Gasteiger charge is 2.32. The Morgan fingerprint density at radius 2 is 1.44 bits per heavy atom. The Kier molecular flexibility index (Phi) is 5.78. The third kappa shape index (κ3) is 3.70. The first-order valence-electron chi connectivity index (χ1n) is 8.91. The molecule has 2 aromatic carbocycles. The van der Waals surface area contributed by atoms with Crippen LogP contribution in [-0.4, -0.2) is 38.9 Å². The number of hydrogen-bond acceptors (Lipinski definition) is 3. The first-order chi connectivity index (χ1) is 12.6. The van der Waals surface area contributed by atoms with Crippen molar-refractivity contribution in [1.82, 2.24) is 4.31 Å². The van der Waals surface area contributed by atoms with Crippen molar-refractivity contribution in [2.45, 2.75) is 32.6 Å². The minimum absolute atomic E-state index is 0.414. The van der Waals surface area contributed by atoms with Crippen molar-refractivity contribution in [2.75, 3.05) is 31.1 Å². The van der Waals surface area contributed by atoms with Crippen molar-refractivity contribution in [3.63, 3.8) is 0 Å². The third-order valence-corrected chi connectivity index (χ3v) is 8.39. The zero-order chi connectivity index (χ0) is 19.9. The number of halogens is 2. The lowest BCUT2D eigenvalue weighted by Crippen LogP contribution is -2.49. The summed E-state index contributed by atoms with van der Waals surface area (Å²) in [6.45, 7) is 9.66. The van der Waals surface area contributed by atoms with Gasteiger partial charge in [-0.15, -0.1) is 0 Å². The molecule has 1 saturated heterocycles. The second-order valence-corrected chi connectivity index (χ2v) is 9.71. The number of hydrogen-bond donors (Lipinski definition) is 0. The van der Waals surface area contributed by atoms with Crippen LogP contribution in [0.1, 0.15) is 22.3 Å². The maximum Gasteiger partial charge on any atom is 0.243 e. The van der Waals surface area contributed by atoms with Gasteiger partial charge in [0.25, 0.3) is 0 Å². The van der Waals surface area contributed by atoms with Gasteiger partial charge in [-0.2, -0.15) is 4.31 Å². The number of benzene rings is 2. The summed E-state index contributed by atoms with van der Waals surface area (Å²) in [6, 6.07) is 7.56. The summed E-state index contributed by atoms with van der Waals surface area (Å²) in [5.41, 5.74) is 4.51. The summed E-state index contributed by atoms with van der Waals surface area (Å²) < 4.78 is 28.3. The second-order valence-electron chi connectivity index (χ2n) is 7.05. The molecule has 1 fully saturated rings. The lowest BCUT2D eigenvalue weighted by molar-refractivity contribution is 0.384. The summed E-state index contributed by atoms with van der Waals surface area (Å²) in [5, 5.41) is 1.02. The van der Waals surface area contributed by atoms with Crippen LogP contribution in [0.5, 0.6) is 0 Å². The molecule has 0 unspecified atom stereocenters. The smallest absolute Gasteiger partial charge is 0.243 e. The average Bonchev–Trinajstić information content (AvgIpc) is 2.62. The van der Waals surface area contributed by atoms with Crippen molar-refractivity contribution in [1.29, 1.82) is 0 Å². The molecule has 0 N–H and O–H groups in total. The predicted molar refractivity (Wildman–Crippen MR) is 113 cm³/mol. The van der Waals surface area contributed by atoms with E-state index in [0.717, 1.165) is 27.9 Å². The minimum Gasteiger partial charge on any atom is -0.368 e. The van der Waals surface area contributed by atoms with Crippen LogP contribution < -0.4 is 4.90 Å². The summed E-state index contributed by atoms with van der Waals surface area (Å²) >= 11 is 12.4. The van der Waals surface area contributed by atoms with Crippen molar-refractivity contribution < 1.29 is 8.42 Å². The van der Waals surface area contributed by atoms with Gasteiger partial charge >= 0.3 is 0 Å². The SMILES string of the molecule is Cc1cc(C)c(C)c(S(=O)(=O)N2CCN(c3cccc(Cl)c3Cl)CC2)c1C. The standard InChI is InChI=1S/C20H24Cl2N2O2S/c1-13-12-14(2)16(4)20(15(13)3)27(25,26)24-10-8-23(9-11-24)18-7-5-6-17(21)19(18)22/h5-7,12H,8-11H2,1-4H3. The van der Waals surface area contributed by atoms with Crippen LogP contribution in [0.25, 0.3) is 0 Å². The molecule has 0 atom stereocenters. The fourth-order valence-corrected chi connectivity index (χ4v) is 6.02. The van der Waals surface area contributed by atoms with Gasteiger partial charge in [0, 0.05) is 26.2 Å². The molecular weight excluding hydrogens is 403 g/mol. The zero-order valence-electron chi connectivity index (χ0n) is 16.0. The maximum atomic E-state index is 13.4. The Morgan fingerprint density at radius 1 is 0.889 bits per heavy atom. The molecule has 27 heavy (non-hydrogen) atoms. The number of piperazine rings is 1. The molecule has 0 spiro atoms. The Hall–Kier alpha value is -1.27. The van der Waals surface area contributed by atoms with Crippen LogP contribution >= 0.6 is 23.2 Å². The van der Waals surface area contributed by atoms with Gasteiger partial charge in [-0.25, -0.2) is 8.42 Å². The molecule has 0 saturated carbocycles. The quantitative estimate of drug-likeness (QED) is 0.711. The van der Waals surface area contributed by atoms with Crippen LogP contribution in [0.4, 0.5) is 5.69 Å². The highest BCUT2D eigenvalue weighted by Crippen LogP contribution is 2.34. The van der Waals surface area contributed by atoms with E-state index >= 15 is 0 Å². The molecule has 0 amide bonds. The van der Waals surface area contributed by atoms with Gasteiger partial charge in [0.05, 0.1) is 20.6 Å². The monoisotopic (exact) mass is 426 g/mol. The number of aryl methyl sites for hydroxylation is 2. The topological polar surface area (TPSA) is 40.6 Å². The van der Waals surface area contributed by atoms with Crippen LogP contribution in [0, 0.1) is 27.7 Å². The van der Waals surface area contributed by atoms with Crippen molar-refractivity contribution >= 4 is 38.9 Å². The Balaban J connectivity index is 1.87. The number of anilines is 1. The van der Waals surface area contributed by atoms with E-state index in [2.05, 4.69) is 4.90 Å². The van der Waals surface area contributed by atoms with E-state index in [0.29, 0.717) is 41.1 Å². The normalized spacial score (nSPS) is 16.0. The van der Waals surface area contributed by atoms with Crippen molar-refractivity contribution in [2.24, 2.45) is 0 Å². The highest BCUT2D eigenvalue weighted by atomic mass is 35.5. The first kappa shape index (κ1) is 20.5. The van der Waals surface area contributed by atoms with E-state index in [4.69, 9.17) is 23.2 Å². The third-order valence-electron chi connectivity index (χ3n) is 5.41. The summed E-state index contributed by atoms with van der Waals surface area (Å²) in [4.78, 5) is 2.54. The lowest BCUT2D eigenvalue weighted by atomic mass is 10.0. The van der Waals surface area contributed by atoms with Gasteiger partial charge in [-0.1, -0.05) is 35.3 Å². The van der Waals surface area contributed by atoms with E-state index in [1.165, 1.54) is 0 Å². The van der Waals surface area contributed by atoms with Crippen LogP contribution in [0.3, 0.4) is 0 Å². The average molecular weight is 427 g/mol. The number of rotatable bonds is 3. The molecule has 0 radical (unpaired) electrons. The van der Waals surface area contributed by atoms with Gasteiger partial charge < -0.3 is 4.90 Å². The highest BCUT2D eigenvalue weighted by molar-refractivity contribution is 7.89. The van der Waals surface area contributed by atoms with Crippen LogP contribution in [0.2, 0.25) is 10.0 Å². The largest absolute Gasteiger partial charge is 0.368 e. The van der Waals surface area contributed by atoms with Gasteiger partial charge in [0.1, 0.15) is 0 Å². The number of nitrogens with zero attached hydrogens (tertiary/aromatic N) is 2. The van der Waals surface area contributed by atoms with Gasteiger partial charge in [0.15, 0.2) is 0 Å². The molecule has 0 aliphatic carbocycles. The molecule has 3 rings (SSSR count). The van der Waals surface area contributed by atoms with Crippen molar-refractivity contribution in [3.8, 4) is 0 Å². The van der Waals surface area contributed by atoms with E-state index in [1.54, 1.807) is 10.4 Å².